The Bertz CT molecular complexity index is 803. The average Bonchev–Trinajstić information content (AvgIpc) is 3.16. The summed E-state index contributed by atoms with van der Waals surface area (Å²) in [7, 11) is 2.09. The van der Waals surface area contributed by atoms with Gasteiger partial charge < -0.3 is 14.2 Å². The molecular weight excluding hydrogens is 357 g/mol. The summed E-state index contributed by atoms with van der Waals surface area (Å²) in [5.74, 6) is 1.50. The van der Waals surface area contributed by atoms with Gasteiger partial charge in [0.1, 0.15) is 5.60 Å². The van der Waals surface area contributed by atoms with Crippen molar-refractivity contribution in [1.82, 2.24) is 9.47 Å². The van der Waals surface area contributed by atoms with Gasteiger partial charge in [0.25, 0.3) is 0 Å². The van der Waals surface area contributed by atoms with E-state index < -0.39 is 0 Å². The molecule has 3 aliphatic rings. The Morgan fingerprint density at radius 2 is 2.04 bits per heavy atom. The molecule has 0 N–H and O–H groups in total. The van der Waals surface area contributed by atoms with Crippen molar-refractivity contribution in [3.63, 3.8) is 0 Å². The van der Waals surface area contributed by atoms with Gasteiger partial charge in [-0.1, -0.05) is 18.2 Å². The second-order valence-corrected chi connectivity index (χ2v) is 7.35. The van der Waals surface area contributed by atoms with Gasteiger partial charge in [-0.25, -0.2) is 4.99 Å². The molecule has 4 heterocycles. The fourth-order valence-corrected chi connectivity index (χ4v) is 4.70. The number of halogens is 2. The highest BCUT2D eigenvalue weighted by atomic mass is 35.5. The maximum atomic E-state index is 6.59. The Morgan fingerprint density at radius 1 is 1.20 bits per heavy atom. The number of aryl methyl sites for hydroxylation is 1. The number of hydrogen-bond donors (Lipinski definition) is 0. The summed E-state index contributed by atoms with van der Waals surface area (Å²) in [6.07, 6.45) is 5.88. The Balaban J connectivity index is 0.000000911. The molecule has 3 atom stereocenters. The van der Waals surface area contributed by atoms with Crippen LogP contribution in [-0.2, 0) is 11.8 Å². The molecule has 1 aromatic carbocycles. The lowest BCUT2D eigenvalue weighted by atomic mass is 9.76. The number of fused-ring (bicyclic) bond motifs is 4. The number of ether oxygens (including phenoxy) is 1. The van der Waals surface area contributed by atoms with Crippen LogP contribution >= 0.6 is 24.8 Å². The molecule has 5 rings (SSSR count). The quantitative estimate of drug-likeness (QED) is 0.754. The van der Waals surface area contributed by atoms with E-state index >= 15 is 0 Å². The SMILES string of the molecule is Cl.Cl.Cn1cc(C2=NCC3(CCN4CCCC3C4)O2)c2ccccc21. The first-order chi connectivity index (χ1) is 11.3. The highest BCUT2D eigenvalue weighted by molar-refractivity contribution is 6.07. The van der Waals surface area contributed by atoms with Gasteiger partial charge in [-0.2, -0.15) is 0 Å². The molecule has 2 fully saturated rings. The molecule has 136 valence electrons. The monoisotopic (exact) mass is 381 g/mol. The van der Waals surface area contributed by atoms with Crippen molar-refractivity contribution in [2.75, 3.05) is 26.2 Å². The van der Waals surface area contributed by atoms with Crippen LogP contribution in [0.1, 0.15) is 24.8 Å². The van der Waals surface area contributed by atoms with E-state index in [1.165, 1.54) is 36.8 Å². The topological polar surface area (TPSA) is 29.8 Å². The van der Waals surface area contributed by atoms with E-state index in [1.54, 1.807) is 0 Å². The third-order valence-corrected chi connectivity index (χ3v) is 6.02. The zero-order valence-electron chi connectivity index (χ0n) is 14.5. The van der Waals surface area contributed by atoms with Gasteiger partial charge in [0.2, 0.25) is 5.90 Å². The molecule has 2 bridgehead atoms. The van der Waals surface area contributed by atoms with Crippen molar-refractivity contribution in [3.8, 4) is 0 Å². The highest BCUT2D eigenvalue weighted by Gasteiger charge is 2.49. The molecule has 0 aliphatic carbocycles. The number of benzene rings is 1. The van der Waals surface area contributed by atoms with Gasteiger partial charge in [-0.3, -0.25) is 0 Å². The fourth-order valence-electron chi connectivity index (χ4n) is 4.70. The van der Waals surface area contributed by atoms with Crippen LogP contribution < -0.4 is 0 Å². The summed E-state index contributed by atoms with van der Waals surface area (Å²) in [5.41, 5.74) is 2.35. The van der Waals surface area contributed by atoms with Crippen molar-refractivity contribution in [2.45, 2.75) is 24.9 Å². The van der Waals surface area contributed by atoms with Crippen LogP contribution in [0.5, 0.6) is 0 Å². The van der Waals surface area contributed by atoms with Crippen molar-refractivity contribution in [3.05, 3.63) is 36.0 Å². The molecule has 0 amide bonds. The lowest BCUT2D eigenvalue weighted by molar-refractivity contribution is -0.0599. The summed E-state index contributed by atoms with van der Waals surface area (Å²) in [6, 6.07) is 8.51. The number of para-hydroxylation sites is 1. The van der Waals surface area contributed by atoms with E-state index in [0.29, 0.717) is 5.92 Å². The maximum absolute atomic E-state index is 6.59. The summed E-state index contributed by atoms with van der Waals surface area (Å²) >= 11 is 0. The number of piperidine rings is 2. The van der Waals surface area contributed by atoms with Gasteiger partial charge in [-0.05, 0) is 25.5 Å². The van der Waals surface area contributed by atoms with E-state index in [-0.39, 0.29) is 30.4 Å². The first-order valence-corrected chi connectivity index (χ1v) is 8.75. The third-order valence-electron chi connectivity index (χ3n) is 6.02. The summed E-state index contributed by atoms with van der Waals surface area (Å²) < 4.78 is 8.76. The van der Waals surface area contributed by atoms with E-state index in [1.807, 2.05) is 0 Å². The van der Waals surface area contributed by atoms with Crippen molar-refractivity contribution < 1.29 is 4.74 Å². The van der Waals surface area contributed by atoms with Crippen LogP contribution in [0, 0.1) is 5.92 Å². The first kappa shape index (κ1) is 18.6. The smallest absolute Gasteiger partial charge is 0.219 e. The zero-order valence-corrected chi connectivity index (χ0v) is 16.1. The van der Waals surface area contributed by atoms with Crippen molar-refractivity contribution in [2.24, 2.45) is 18.0 Å². The van der Waals surface area contributed by atoms with Crippen LogP contribution in [0.3, 0.4) is 0 Å². The second-order valence-electron chi connectivity index (χ2n) is 7.35. The maximum Gasteiger partial charge on any atom is 0.219 e. The lowest BCUT2D eigenvalue weighted by Gasteiger charge is -2.47. The zero-order chi connectivity index (χ0) is 15.4. The molecule has 1 aromatic heterocycles. The van der Waals surface area contributed by atoms with Crippen LogP contribution in [0.25, 0.3) is 10.9 Å². The van der Waals surface area contributed by atoms with E-state index in [2.05, 4.69) is 47.0 Å². The molecule has 3 aliphatic heterocycles. The average molecular weight is 382 g/mol. The van der Waals surface area contributed by atoms with Gasteiger partial charge in [0.15, 0.2) is 0 Å². The number of nitrogens with zero attached hydrogens (tertiary/aromatic N) is 3. The number of aromatic nitrogens is 1. The Kier molecular flexibility index (Phi) is 5.06. The fraction of sp³-hybridized carbons (Fsp3) is 0.526. The molecule has 6 heteroatoms. The van der Waals surface area contributed by atoms with Crippen molar-refractivity contribution in [1.29, 1.82) is 0 Å². The minimum absolute atomic E-state index is 0. The standard InChI is InChI=1S/C19H23N3O.2ClH/c1-21-12-16(15-6-2-3-7-17(15)21)18-20-13-19(23-18)8-10-22-9-4-5-14(19)11-22;;/h2-3,6-7,12,14H,4-5,8-11,13H2,1H3;2*1H. The minimum atomic E-state index is -0.0385. The third kappa shape index (κ3) is 2.84. The summed E-state index contributed by atoms with van der Waals surface area (Å²) in [5, 5.41) is 1.24. The van der Waals surface area contributed by atoms with E-state index in [9.17, 15) is 0 Å². The summed E-state index contributed by atoms with van der Waals surface area (Å²) in [6.45, 7) is 4.46. The predicted octanol–water partition coefficient (Wildman–Crippen LogP) is 3.65. The van der Waals surface area contributed by atoms with Crippen molar-refractivity contribution >= 4 is 41.6 Å². The van der Waals surface area contributed by atoms with Crippen LogP contribution in [0.15, 0.2) is 35.5 Å². The minimum Gasteiger partial charge on any atom is -0.468 e. The van der Waals surface area contributed by atoms with E-state index in [0.717, 1.165) is 31.0 Å². The molecular formula is C19H25Cl2N3O. The lowest BCUT2D eigenvalue weighted by Crippen LogP contribution is -2.56. The molecule has 2 saturated heterocycles. The normalized spacial score (nSPS) is 30.4. The van der Waals surface area contributed by atoms with Gasteiger partial charge >= 0.3 is 0 Å². The van der Waals surface area contributed by atoms with Crippen LogP contribution in [0.2, 0.25) is 0 Å². The molecule has 1 spiro atoms. The van der Waals surface area contributed by atoms with Crippen LogP contribution in [-0.4, -0.2) is 47.1 Å². The molecule has 2 aromatic rings. The molecule has 25 heavy (non-hydrogen) atoms. The van der Waals surface area contributed by atoms with E-state index in [4.69, 9.17) is 9.73 Å². The Hall–Kier alpha value is -1.23. The second kappa shape index (κ2) is 6.82. The predicted molar refractivity (Wildman–Crippen MR) is 106 cm³/mol. The molecule has 0 radical (unpaired) electrons. The highest BCUT2D eigenvalue weighted by Crippen LogP contribution is 2.41. The molecule has 0 saturated carbocycles. The van der Waals surface area contributed by atoms with Gasteiger partial charge in [0, 0.05) is 49.6 Å². The number of aliphatic imine (C=N–C) groups is 1. The molecule has 4 nitrogen and oxygen atoms in total. The number of rotatable bonds is 1. The summed E-state index contributed by atoms with van der Waals surface area (Å²) in [4.78, 5) is 7.45. The largest absolute Gasteiger partial charge is 0.468 e. The molecule has 3 unspecified atom stereocenters. The van der Waals surface area contributed by atoms with Gasteiger partial charge in [-0.15, -0.1) is 24.8 Å². The Labute approximate surface area is 161 Å². The number of hydrogen-bond acceptors (Lipinski definition) is 3. The Morgan fingerprint density at radius 3 is 2.92 bits per heavy atom. The van der Waals surface area contributed by atoms with Crippen LogP contribution in [0.4, 0.5) is 0 Å². The first-order valence-electron chi connectivity index (χ1n) is 8.75. The van der Waals surface area contributed by atoms with Gasteiger partial charge in [0.05, 0.1) is 12.1 Å².